The van der Waals surface area contributed by atoms with Crippen LogP contribution in [-0.2, 0) is 15.6 Å². The minimum Gasteiger partial charge on any atom is -0.298 e. The lowest BCUT2D eigenvalue weighted by Crippen LogP contribution is -2.31. The van der Waals surface area contributed by atoms with E-state index < -0.39 is 10.8 Å². The van der Waals surface area contributed by atoms with Crippen molar-refractivity contribution in [2.45, 2.75) is 19.8 Å². The van der Waals surface area contributed by atoms with E-state index in [4.69, 9.17) is 0 Å². The van der Waals surface area contributed by atoms with Gasteiger partial charge in [-0.3, -0.25) is 13.9 Å². The number of nitrogens with zero attached hydrogens (tertiary/aromatic N) is 1. The van der Waals surface area contributed by atoms with Crippen molar-refractivity contribution >= 4 is 16.6 Å². The molecule has 0 aromatic carbocycles. The van der Waals surface area contributed by atoms with Crippen molar-refractivity contribution in [2.24, 2.45) is 0 Å². The van der Waals surface area contributed by atoms with E-state index in [1.807, 2.05) is 6.92 Å². The van der Waals surface area contributed by atoms with Crippen LogP contribution in [0.15, 0.2) is 0 Å². The Labute approximate surface area is 81.9 Å². The van der Waals surface area contributed by atoms with E-state index in [1.54, 1.807) is 0 Å². The zero-order valence-electron chi connectivity index (χ0n) is 8.12. The van der Waals surface area contributed by atoms with Crippen molar-refractivity contribution in [3.8, 4) is 0 Å². The van der Waals surface area contributed by atoms with Crippen molar-refractivity contribution in [3.05, 3.63) is 0 Å². The maximum absolute atomic E-state index is 11.2. The van der Waals surface area contributed by atoms with Gasteiger partial charge in [0.15, 0.2) is 0 Å². The topological polar surface area (TPSA) is 37.4 Å². The predicted octanol–water partition coefficient (Wildman–Crippen LogP) is 0.420. The Bertz CT molecular complexity index is 206. The summed E-state index contributed by atoms with van der Waals surface area (Å²) in [5.41, 5.74) is 0. The fourth-order valence-electron chi connectivity index (χ4n) is 1.41. The van der Waals surface area contributed by atoms with Gasteiger partial charge in [-0.25, -0.2) is 0 Å². The quantitative estimate of drug-likeness (QED) is 0.667. The first-order chi connectivity index (χ1) is 6.22. The third kappa shape index (κ3) is 4.00. The summed E-state index contributed by atoms with van der Waals surface area (Å²) >= 11 is 0. The highest BCUT2D eigenvalue weighted by atomic mass is 32.2. The number of carbonyl (C=O) groups is 1. The van der Waals surface area contributed by atoms with E-state index in [1.165, 1.54) is 0 Å². The molecule has 13 heavy (non-hydrogen) atoms. The van der Waals surface area contributed by atoms with Gasteiger partial charge in [0.25, 0.3) is 0 Å². The first-order valence-electron chi connectivity index (χ1n) is 4.81. The Morgan fingerprint density at radius 2 is 2.15 bits per heavy atom. The van der Waals surface area contributed by atoms with Crippen molar-refractivity contribution in [2.75, 3.05) is 31.1 Å². The molecule has 0 radical (unpaired) electrons. The van der Waals surface area contributed by atoms with Crippen molar-refractivity contribution in [3.63, 3.8) is 0 Å². The molecule has 1 aliphatic rings. The molecule has 3 nitrogen and oxygen atoms in total. The molecule has 0 N–H and O–H groups in total. The largest absolute Gasteiger partial charge is 0.298 e. The van der Waals surface area contributed by atoms with Crippen LogP contribution in [0, 0.1) is 0 Å². The molecule has 1 atom stereocenters. The highest BCUT2D eigenvalue weighted by Crippen LogP contribution is 2.01. The van der Waals surface area contributed by atoms with Gasteiger partial charge in [-0.1, -0.05) is 6.92 Å². The Morgan fingerprint density at radius 1 is 1.38 bits per heavy atom. The lowest BCUT2D eigenvalue weighted by molar-refractivity contribution is -0.119. The first kappa shape index (κ1) is 10.9. The zero-order valence-corrected chi connectivity index (χ0v) is 8.94. The number of rotatable bonds is 3. The minimum absolute atomic E-state index is 0.285. The summed E-state index contributed by atoms with van der Waals surface area (Å²) in [6, 6.07) is 0. The van der Waals surface area contributed by atoms with Crippen LogP contribution < -0.4 is 0 Å². The summed E-state index contributed by atoms with van der Waals surface area (Å²) in [6.07, 6.45) is 1.57. The number of hydrogen-bond donors (Lipinski definition) is 0. The summed E-state index contributed by atoms with van der Waals surface area (Å²) in [5, 5.41) is 0. The van der Waals surface area contributed by atoms with E-state index in [0.717, 1.165) is 31.0 Å². The fourth-order valence-corrected chi connectivity index (χ4v) is 2.53. The molecule has 1 aliphatic heterocycles. The molecular formula is C9H17NO2S. The molecule has 0 aromatic rings. The number of Topliss-reactive ketones (excluding diaryl/α,β-unsaturated/α-hetero) is 1. The Morgan fingerprint density at radius 3 is 2.85 bits per heavy atom. The van der Waals surface area contributed by atoms with Crippen LogP contribution in [0.5, 0.6) is 0 Å². The highest BCUT2D eigenvalue weighted by Gasteiger charge is 2.14. The Hall–Kier alpha value is -0.220. The van der Waals surface area contributed by atoms with Gasteiger partial charge in [0.2, 0.25) is 0 Å². The Balaban J connectivity index is 2.33. The van der Waals surface area contributed by atoms with Gasteiger partial charge in [-0.15, -0.1) is 0 Å². The average Bonchev–Trinajstić information content (AvgIpc) is 2.31. The summed E-state index contributed by atoms with van der Waals surface area (Å²) in [5.74, 6) is 1.82. The van der Waals surface area contributed by atoms with Crippen LogP contribution in [-0.4, -0.2) is 46.0 Å². The number of ketones is 1. The summed E-state index contributed by atoms with van der Waals surface area (Å²) in [7, 11) is -0.648. The maximum atomic E-state index is 11.2. The lowest BCUT2D eigenvalue weighted by Gasteiger charge is -2.17. The molecule has 0 aliphatic carbocycles. The van der Waals surface area contributed by atoms with Crippen LogP contribution in [0.2, 0.25) is 0 Å². The SMILES string of the molecule is CCC(=O)CN1CCCS(=O)CC1. The zero-order chi connectivity index (χ0) is 9.68. The molecule has 4 heteroatoms. The van der Waals surface area contributed by atoms with Crippen molar-refractivity contribution < 1.29 is 9.00 Å². The third-order valence-corrected chi connectivity index (χ3v) is 3.66. The van der Waals surface area contributed by atoms with Crippen LogP contribution in [0.25, 0.3) is 0 Å². The number of hydrogen-bond acceptors (Lipinski definition) is 3. The fraction of sp³-hybridized carbons (Fsp3) is 0.889. The average molecular weight is 203 g/mol. The standard InChI is InChI=1S/C9H17NO2S/c1-2-9(11)8-10-4-3-6-13(12)7-5-10/h2-8H2,1H3. The smallest absolute Gasteiger partial charge is 0.146 e. The van der Waals surface area contributed by atoms with E-state index in [9.17, 15) is 9.00 Å². The number of carbonyl (C=O) groups excluding carboxylic acids is 1. The molecule has 76 valence electrons. The van der Waals surface area contributed by atoms with Gasteiger partial charge >= 0.3 is 0 Å². The second kappa shape index (κ2) is 5.50. The molecule has 0 bridgehead atoms. The molecule has 0 aromatic heterocycles. The second-order valence-corrected chi connectivity index (χ2v) is 5.07. The molecular weight excluding hydrogens is 186 g/mol. The van der Waals surface area contributed by atoms with Crippen LogP contribution in [0.1, 0.15) is 19.8 Å². The molecule has 1 unspecified atom stereocenters. The van der Waals surface area contributed by atoms with E-state index in [2.05, 4.69) is 4.90 Å². The van der Waals surface area contributed by atoms with Gasteiger partial charge in [-0.05, 0) is 13.0 Å². The van der Waals surface area contributed by atoms with Crippen molar-refractivity contribution in [1.29, 1.82) is 0 Å². The minimum atomic E-state index is -0.648. The normalized spacial score (nSPS) is 25.5. The molecule has 0 spiro atoms. The maximum Gasteiger partial charge on any atom is 0.146 e. The molecule has 0 amide bonds. The van der Waals surface area contributed by atoms with E-state index >= 15 is 0 Å². The second-order valence-electron chi connectivity index (χ2n) is 3.37. The van der Waals surface area contributed by atoms with Gasteiger partial charge in [0.05, 0.1) is 6.54 Å². The van der Waals surface area contributed by atoms with Crippen molar-refractivity contribution in [1.82, 2.24) is 4.90 Å². The van der Waals surface area contributed by atoms with Gasteiger partial charge in [-0.2, -0.15) is 0 Å². The van der Waals surface area contributed by atoms with Crippen LogP contribution in [0.3, 0.4) is 0 Å². The molecule has 1 saturated heterocycles. The Kier molecular flexibility index (Phi) is 4.59. The third-order valence-electron chi connectivity index (χ3n) is 2.28. The highest BCUT2D eigenvalue weighted by molar-refractivity contribution is 7.85. The van der Waals surface area contributed by atoms with E-state index in [-0.39, 0.29) is 5.78 Å². The first-order valence-corrected chi connectivity index (χ1v) is 6.30. The molecule has 1 fully saturated rings. The van der Waals surface area contributed by atoms with E-state index in [0.29, 0.717) is 13.0 Å². The van der Waals surface area contributed by atoms with Crippen LogP contribution in [0.4, 0.5) is 0 Å². The van der Waals surface area contributed by atoms with Gasteiger partial charge in [0, 0.05) is 35.3 Å². The molecule has 0 saturated carbocycles. The van der Waals surface area contributed by atoms with Gasteiger partial charge < -0.3 is 0 Å². The summed E-state index contributed by atoms with van der Waals surface area (Å²) in [6.45, 7) is 4.18. The monoisotopic (exact) mass is 203 g/mol. The van der Waals surface area contributed by atoms with Gasteiger partial charge in [0.1, 0.15) is 5.78 Å². The molecule has 1 heterocycles. The lowest BCUT2D eigenvalue weighted by atomic mass is 10.3. The summed E-state index contributed by atoms with van der Waals surface area (Å²) in [4.78, 5) is 13.3. The van der Waals surface area contributed by atoms with Crippen LogP contribution >= 0.6 is 0 Å². The molecule has 1 rings (SSSR count). The predicted molar refractivity (Wildman–Crippen MR) is 54.2 cm³/mol. The summed E-state index contributed by atoms with van der Waals surface area (Å²) < 4.78 is 11.2.